The zero-order chi connectivity index (χ0) is 39.3. The molecule has 0 rings (SSSR count). The Kier molecular flexibility index (Phi) is 43.9. The summed E-state index contributed by atoms with van der Waals surface area (Å²) in [6, 6.07) is 0. The molecule has 0 aliphatic heterocycles. The summed E-state index contributed by atoms with van der Waals surface area (Å²) in [5.41, 5.74) is 0. The molecule has 54 heavy (non-hydrogen) atoms. The van der Waals surface area contributed by atoms with Crippen molar-refractivity contribution in [2.24, 2.45) is 0 Å². The number of allylic oxidation sites excluding steroid dienone is 6. The van der Waals surface area contributed by atoms with Crippen LogP contribution in [0.2, 0.25) is 0 Å². The Hall–Kier alpha value is -1.88. The highest BCUT2D eigenvalue weighted by atomic mass is 16.6. The Bertz CT molecular complexity index is 862. The van der Waals surface area contributed by atoms with Crippen LogP contribution in [0.3, 0.4) is 0 Å². The van der Waals surface area contributed by atoms with Crippen molar-refractivity contribution in [3.63, 3.8) is 0 Å². The molecular weight excluding hydrogens is 669 g/mol. The number of rotatable bonds is 43. The van der Waals surface area contributed by atoms with Crippen LogP contribution in [0.1, 0.15) is 239 Å². The summed E-state index contributed by atoms with van der Waals surface area (Å²) >= 11 is 0. The topological polar surface area (TPSA) is 61.8 Å². The van der Waals surface area contributed by atoms with Crippen LogP contribution in [0.4, 0.5) is 0 Å². The van der Waals surface area contributed by atoms with Crippen molar-refractivity contribution >= 4 is 11.9 Å². The fraction of sp³-hybridized carbons (Fsp3) is 0.837. The summed E-state index contributed by atoms with van der Waals surface area (Å²) in [6.07, 6.45) is 52.9. The summed E-state index contributed by atoms with van der Waals surface area (Å²) in [4.78, 5) is 25.2. The molecule has 1 atom stereocenters. The number of carbonyl (C=O) groups excluding carboxylic acids is 2. The van der Waals surface area contributed by atoms with Gasteiger partial charge >= 0.3 is 11.9 Å². The third-order valence-electron chi connectivity index (χ3n) is 10.2. The molecule has 1 unspecified atom stereocenters. The predicted octanol–water partition coefficient (Wildman–Crippen LogP) is 15.4. The van der Waals surface area contributed by atoms with Crippen molar-refractivity contribution in [3.05, 3.63) is 36.5 Å². The van der Waals surface area contributed by atoms with Gasteiger partial charge in [0.15, 0.2) is 6.10 Å². The van der Waals surface area contributed by atoms with E-state index in [9.17, 15) is 9.59 Å². The first kappa shape index (κ1) is 52.1. The lowest BCUT2D eigenvalue weighted by Crippen LogP contribution is -2.30. The average molecular weight is 759 g/mol. The largest absolute Gasteiger partial charge is 0.462 e. The highest BCUT2D eigenvalue weighted by molar-refractivity contribution is 5.70. The number of hydrogen-bond donors (Lipinski definition) is 0. The molecule has 0 bridgehead atoms. The molecule has 0 aliphatic rings. The predicted molar refractivity (Wildman–Crippen MR) is 233 cm³/mol. The van der Waals surface area contributed by atoms with E-state index in [-0.39, 0.29) is 25.2 Å². The highest BCUT2D eigenvalue weighted by Crippen LogP contribution is 2.14. The van der Waals surface area contributed by atoms with Crippen LogP contribution in [0.15, 0.2) is 36.5 Å². The molecule has 0 fully saturated rings. The van der Waals surface area contributed by atoms with Gasteiger partial charge in [-0.2, -0.15) is 0 Å². The van der Waals surface area contributed by atoms with Gasteiger partial charge in [0.05, 0.1) is 6.61 Å². The van der Waals surface area contributed by atoms with E-state index < -0.39 is 6.10 Å². The molecule has 0 aromatic carbocycles. The molecule has 0 radical (unpaired) electrons. The van der Waals surface area contributed by atoms with Crippen molar-refractivity contribution in [1.82, 2.24) is 0 Å². The van der Waals surface area contributed by atoms with Crippen LogP contribution >= 0.6 is 0 Å². The van der Waals surface area contributed by atoms with Gasteiger partial charge in [-0.3, -0.25) is 9.59 Å². The van der Waals surface area contributed by atoms with Gasteiger partial charge in [-0.05, 0) is 57.8 Å². The van der Waals surface area contributed by atoms with Crippen molar-refractivity contribution in [1.29, 1.82) is 0 Å². The molecule has 0 saturated carbocycles. The Balaban J connectivity index is 4.10. The van der Waals surface area contributed by atoms with E-state index >= 15 is 0 Å². The molecule has 5 nitrogen and oxygen atoms in total. The maximum absolute atomic E-state index is 12.7. The normalized spacial score (nSPS) is 12.4. The molecule has 0 saturated heterocycles. The van der Waals surface area contributed by atoms with E-state index in [2.05, 4.69) is 57.2 Å². The quantitative estimate of drug-likeness (QED) is 0.0352. The van der Waals surface area contributed by atoms with Gasteiger partial charge in [-0.1, -0.05) is 205 Å². The third-order valence-corrected chi connectivity index (χ3v) is 10.2. The number of carbonyl (C=O) groups is 2. The molecule has 316 valence electrons. The van der Waals surface area contributed by atoms with Crippen molar-refractivity contribution in [3.8, 4) is 0 Å². The zero-order valence-electron chi connectivity index (χ0n) is 36.2. The fourth-order valence-electron chi connectivity index (χ4n) is 6.63. The van der Waals surface area contributed by atoms with Gasteiger partial charge in [-0.15, -0.1) is 0 Å². The first-order valence-electron chi connectivity index (χ1n) is 23.5. The van der Waals surface area contributed by atoms with E-state index in [1.807, 2.05) is 0 Å². The Labute approximate surface area is 336 Å². The summed E-state index contributed by atoms with van der Waals surface area (Å²) in [5.74, 6) is -0.406. The van der Waals surface area contributed by atoms with Gasteiger partial charge in [0.1, 0.15) is 6.61 Å². The number of unbranched alkanes of at least 4 members (excludes halogenated alkanes) is 26. The molecule has 0 aromatic rings. The molecule has 0 N–H and O–H groups in total. The van der Waals surface area contributed by atoms with E-state index in [1.165, 1.54) is 141 Å². The van der Waals surface area contributed by atoms with E-state index in [0.717, 1.165) is 64.2 Å². The van der Waals surface area contributed by atoms with Crippen molar-refractivity contribution in [2.45, 2.75) is 245 Å². The van der Waals surface area contributed by atoms with Crippen LogP contribution in [-0.4, -0.2) is 37.9 Å². The lowest BCUT2D eigenvalue weighted by molar-refractivity contribution is -0.163. The van der Waals surface area contributed by atoms with Crippen LogP contribution in [0, 0.1) is 0 Å². The Morgan fingerprint density at radius 1 is 0.407 bits per heavy atom. The SMILES string of the molecule is CCCCC/C=C\C/C=C\C/C=C\CCCCCCCCC(=O)OCC(COCCCCCCCC)OC(=O)CCCCCCCCCCCCCCC. The highest BCUT2D eigenvalue weighted by Gasteiger charge is 2.17. The molecular formula is C49H90O5. The van der Waals surface area contributed by atoms with Gasteiger partial charge in [0.25, 0.3) is 0 Å². The van der Waals surface area contributed by atoms with Crippen LogP contribution < -0.4 is 0 Å². The summed E-state index contributed by atoms with van der Waals surface area (Å²) in [5, 5.41) is 0. The summed E-state index contributed by atoms with van der Waals surface area (Å²) in [6.45, 7) is 7.77. The van der Waals surface area contributed by atoms with E-state index in [1.54, 1.807) is 0 Å². The summed E-state index contributed by atoms with van der Waals surface area (Å²) < 4.78 is 17.2. The van der Waals surface area contributed by atoms with Gasteiger partial charge in [0, 0.05) is 19.4 Å². The smallest absolute Gasteiger partial charge is 0.306 e. The lowest BCUT2D eigenvalue weighted by Gasteiger charge is -2.18. The maximum atomic E-state index is 12.7. The fourth-order valence-corrected chi connectivity index (χ4v) is 6.63. The van der Waals surface area contributed by atoms with Gasteiger partial charge < -0.3 is 14.2 Å². The van der Waals surface area contributed by atoms with Gasteiger partial charge in [-0.25, -0.2) is 0 Å². The minimum Gasteiger partial charge on any atom is -0.462 e. The number of ether oxygens (including phenoxy) is 3. The first-order chi connectivity index (χ1) is 26.6. The van der Waals surface area contributed by atoms with E-state index in [0.29, 0.717) is 19.4 Å². The monoisotopic (exact) mass is 759 g/mol. The number of esters is 2. The molecule has 0 aliphatic carbocycles. The average Bonchev–Trinajstić information content (AvgIpc) is 3.17. The minimum absolute atomic E-state index is 0.0825. The van der Waals surface area contributed by atoms with E-state index in [4.69, 9.17) is 14.2 Å². The van der Waals surface area contributed by atoms with Crippen LogP contribution in [0.25, 0.3) is 0 Å². The molecule has 0 aromatic heterocycles. The molecule has 0 amide bonds. The summed E-state index contributed by atoms with van der Waals surface area (Å²) in [7, 11) is 0. The van der Waals surface area contributed by atoms with Crippen LogP contribution in [0.5, 0.6) is 0 Å². The molecule has 0 heterocycles. The second-order valence-corrected chi connectivity index (χ2v) is 15.7. The molecule has 0 spiro atoms. The second-order valence-electron chi connectivity index (χ2n) is 15.7. The van der Waals surface area contributed by atoms with Crippen molar-refractivity contribution in [2.75, 3.05) is 19.8 Å². The van der Waals surface area contributed by atoms with Crippen molar-refractivity contribution < 1.29 is 23.8 Å². The maximum Gasteiger partial charge on any atom is 0.306 e. The standard InChI is InChI=1S/C49H90O5/c1-4-7-10-13-16-18-20-22-23-24-25-26-27-29-30-32-34-36-39-42-48(50)53-46-47(45-52-44-41-38-15-12-9-6-3)54-49(51)43-40-37-35-33-31-28-21-19-17-14-11-8-5-2/h16,18,22-23,25-26,47H,4-15,17,19-21,24,27-46H2,1-3H3/b18-16-,23-22-,26-25-. The van der Waals surface area contributed by atoms with Gasteiger partial charge in [0.2, 0.25) is 0 Å². The zero-order valence-corrected chi connectivity index (χ0v) is 36.2. The Morgan fingerprint density at radius 2 is 0.778 bits per heavy atom. The lowest BCUT2D eigenvalue weighted by atomic mass is 10.0. The third kappa shape index (κ3) is 42.9. The minimum atomic E-state index is -0.532. The van der Waals surface area contributed by atoms with Crippen LogP contribution in [-0.2, 0) is 23.8 Å². The first-order valence-corrected chi connectivity index (χ1v) is 23.5. The second kappa shape index (κ2) is 45.5. The molecule has 5 heteroatoms. The Morgan fingerprint density at radius 3 is 1.28 bits per heavy atom. The number of hydrogen-bond acceptors (Lipinski definition) is 5.